The van der Waals surface area contributed by atoms with Crippen molar-refractivity contribution in [3.8, 4) is 17.3 Å². The van der Waals surface area contributed by atoms with E-state index < -0.39 is 16.1 Å². The van der Waals surface area contributed by atoms with Gasteiger partial charge in [-0.25, -0.2) is 23.4 Å². The molecule has 1 amide bonds. The van der Waals surface area contributed by atoms with Gasteiger partial charge in [0.1, 0.15) is 24.3 Å². The third kappa shape index (κ3) is 7.82. The number of aromatic nitrogens is 4. The average Bonchev–Trinajstić information content (AvgIpc) is 3.71. The molecule has 2 unspecified atom stereocenters. The van der Waals surface area contributed by atoms with Gasteiger partial charge in [0.25, 0.3) is 0 Å². The van der Waals surface area contributed by atoms with Gasteiger partial charge in [-0.2, -0.15) is 4.31 Å². The summed E-state index contributed by atoms with van der Waals surface area (Å²) in [7, 11) is -3.56. The number of amides is 1. The van der Waals surface area contributed by atoms with Gasteiger partial charge in [-0.1, -0.05) is 45.1 Å². The first-order valence-electron chi connectivity index (χ1n) is 15.1. The molecule has 1 saturated heterocycles. The lowest BCUT2D eigenvalue weighted by atomic mass is 10.1. The van der Waals surface area contributed by atoms with Crippen molar-refractivity contribution in [1.82, 2.24) is 29.1 Å². The Hall–Kier alpha value is -3.71. The number of fused-ring (bicyclic) bond motifs is 1. The number of piperazine rings is 1. The summed E-state index contributed by atoms with van der Waals surface area (Å²) in [5, 5.41) is 3.05. The largest absolute Gasteiger partial charge is 0.454 e. The Labute approximate surface area is 253 Å². The van der Waals surface area contributed by atoms with E-state index in [2.05, 4.69) is 27.2 Å². The lowest BCUT2D eigenvalue weighted by Crippen LogP contribution is -2.57. The van der Waals surface area contributed by atoms with Gasteiger partial charge in [0, 0.05) is 44.5 Å². The third-order valence-corrected chi connectivity index (χ3v) is 9.97. The highest BCUT2D eigenvalue weighted by Gasteiger charge is 2.37. The molecular weight excluding hydrogens is 570 g/mol. The topological polar surface area (TPSA) is 132 Å². The highest BCUT2D eigenvalue weighted by Crippen LogP contribution is 2.34. The van der Waals surface area contributed by atoms with Crippen molar-refractivity contribution in [3.63, 3.8) is 0 Å². The van der Waals surface area contributed by atoms with E-state index >= 15 is 0 Å². The van der Waals surface area contributed by atoms with Crippen molar-refractivity contribution in [2.75, 3.05) is 37.1 Å². The molecule has 1 aromatic carbocycles. The molecule has 0 radical (unpaired) electrons. The minimum Gasteiger partial charge on any atom is -0.454 e. The van der Waals surface area contributed by atoms with Gasteiger partial charge in [0.15, 0.2) is 11.5 Å². The summed E-state index contributed by atoms with van der Waals surface area (Å²) in [6.45, 7) is 5.31. The van der Waals surface area contributed by atoms with E-state index in [0.29, 0.717) is 42.6 Å². The highest BCUT2D eigenvalue weighted by atomic mass is 32.2. The average molecular weight is 612 g/mol. The number of unbranched alkanes of at least 4 members (excludes halogenated alkanes) is 5. The van der Waals surface area contributed by atoms with Crippen LogP contribution in [0.4, 0.5) is 5.82 Å². The first-order chi connectivity index (χ1) is 20.8. The van der Waals surface area contributed by atoms with Crippen LogP contribution in [0.1, 0.15) is 70.4 Å². The number of carbonyl (C=O) groups is 1. The van der Waals surface area contributed by atoms with Crippen molar-refractivity contribution in [1.29, 1.82) is 0 Å². The van der Waals surface area contributed by atoms with Gasteiger partial charge in [0.2, 0.25) is 22.7 Å². The predicted octanol–water partition coefficient (Wildman–Crippen LogP) is 3.84. The maximum absolute atomic E-state index is 13.6. The summed E-state index contributed by atoms with van der Waals surface area (Å²) in [4.78, 5) is 28.3. The Bertz CT molecular complexity index is 1470. The zero-order valence-corrected chi connectivity index (χ0v) is 25.7. The van der Waals surface area contributed by atoms with Crippen LogP contribution in [0.15, 0.2) is 49.3 Å². The Morgan fingerprint density at radius 1 is 1.05 bits per heavy atom. The van der Waals surface area contributed by atoms with Crippen molar-refractivity contribution in [3.05, 3.63) is 54.9 Å². The second kappa shape index (κ2) is 14.2. The molecular formula is C30H41N7O5S. The van der Waals surface area contributed by atoms with E-state index in [9.17, 15) is 13.2 Å². The summed E-state index contributed by atoms with van der Waals surface area (Å²) >= 11 is 0. The van der Waals surface area contributed by atoms with Gasteiger partial charge in [-0.05, 0) is 31.0 Å². The van der Waals surface area contributed by atoms with E-state index in [1.165, 1.54) is 12.7 Å². The number of anilines is 1. The van der Waals surface area contributed by atoms with E-state index in [-0.39, 0.29) is 37.5 Å². The van der Waals surface area contributed by atoms with Crippen molar-refractivity contribution in [2.24, 2.45) is 0 Å². The molecule has 4 heterocycles. The van der Waals surface area contributed by atoms with Crippen LogP contribution in [0, 0.1) is 0 Å². The summed E-state index contributed by atoms with van der Waals surface area (Å²) < 4.78 is 41.4. The summed E-state index contributed by atoms with van der Waals surface area (Å²) in [5.74, 6) is 2.52. The monoisotopic (exact) mass is 611 g/mol. The lowest BCUT2D eigenvalue weighted by molar-refractivity contribution is -0.122. The minimum atomic E-state index is -3.56. The molecule has 0 bridgehead atoms. The van der Waals surface area contributed by atoms with E-state index in [4.69, 9.17) is 9.47 Å². The molecule has 1 N–H and O–H groups in total. The van der Waals surface area contributed by atoms with Gasteiger partial charge in [-0.15, -0.1) is 0 Å². The van der Waals surface area contributed by atoms with E-state index in [1.807, 2.05) is 36.1 Å². The molecule has 3 aromatic rings. The number of nitrogens with one attached hydrogen (secondary N) is 1. The molecule has 12 nitrogen and oxygen atoms in total. The Morgan fingerprint density at radius 2 is 1.84 bits per heavy atom. The molecule has 2 atom stereocenters. The first-order valence-corrected chi connectivity index (χ1v) is 16.7. The number of rotatable bonds is 14. The minimum absolute atomic E-state index is 0.0284. The van der Waals surface area contributed by atoms with E-state index in [1.54, 1.807) is 27.6 Å². The van der Waals surface area contributed by atoms with Crippen LogP contribution < -0.4 is 19.7 Å². The third-order valence-electron chi connectivity index (χ3n) is 7.97. The number of hydrogen-bond acceptors (Lipinski definition) is 9. The maximum Gasteiger partial charge on any atom is 0.231 e. The predicted molar refractivity (Wildman–Crippen MR) is 163 cm³/mol. The maximum atomic E-state index is 13.6. The standard InChI is InChI=1S/C30H41N7O5S/c1-3-4-5-6-7-8-15-43(39,40)37-14-13-35(28-18-29(33-20-32-28)36-12-11-31-21-36)19-25(37)17-30(38)34-23(2)24-9-10-26-27(16-24)42-22-41-26/h9-12,16,18,20-21,23,25H,3-8,13-15,17,19,22H2,1-2H3,(H,34,38). The summed E-state index contributed by atoms with van der Waals surface area (Å²) in [6.07, 6.45) is 12.6. The Morgan fingerprint density at radius 3 is 2.65 bits per heavy atom. The van der Waals surface area contributed by atoms with Gasteiger partial charge in [0.05, 0.1) is 17.8 Å². The van der Waals surface area contributed by atoms with Gasteiger partial charge in [-0.3, -0.25) is 9.36 Å². The highest BCUT2D eigenvalue weighted by molar-refractivity contribution is 7.89. The van der Waals surface area contributed by atoms with Crippen LogP contribution in [0.2, 0.25) is 0 Å². The van der Waals surface area contributed by atoms with Crippen molar-refractivity contribution < 1.29 is 22.7 Å². The van der Waals surface area contributed by atoms with Gasteiger partial charge >= 0.3 is 0 Å². The lowest BCUT2D eigenvalue weighted by Gasteiger charge is -2.41. The smallest absolute Gasteiger partial charge is 0.231 e. The number of nitrogens with zero attached hydrogens (tertiary/aromatic N) is 6. The number of benzene rings is 1. The quantitative estimate of drug-likeness (QED) is 0.270. The second-order valence-electron chi connectivity index (χ2n) is 11.1. The molecule has 5 rings (SSSR count). The Balaban J connectivity index is 1.28. The Kier molecular flexibility index (Phi) is 10.1. The number of sulfonamides is 1. The molecule has 232 valence electrons. The number of imidazole rings is 1. The SMILES string of the molecule is CCCCCCCCS(=O)(=O)N1CCN(c2cc(-n3ccnc3)ncn2)CC1CC(=O)NC(C)c1ccc2c(c1)OCO2. The second-order valence-corrected chi connectivity index (χ2v) is 13.1. The molecule has 2 aliphatic rings. The fourth-order valence-corrected chi connectivity index (χ4v) is 7.35. The molecule has 0 aliphatic carbocycles. The fraction of sp³-hybridized carbons (Fsp3) is 0.533. The van der Waals surface area contributed by atoms with E-state index in [0.717, 1.165) is 31.2 Å². The molecule has 43 heavy (non-hydrogen) atoms. The number of hydrogen-bond donors (Lipinski definition) is 1. The summed E-state index contributed by atoms with van der Waals surface area (Å²) in [5.41, 5.74) is 0.878. The first kappa shape index (κ1) is 30.7. The fourth-order valence-electron chi connectivity index (χ4n) is 5.59. The molecule has 0 spiro atoms. The van der Waals surface area contributed by atoms with Crippen molar-refractivity contribution in [2.45, 2.75) is 70.9 Å². The van der Waals surface area contributed by atoms with Gasteiger partial charge < -0.3 is 19.7 Å². The normalized spacial score (nSPS) is 17.6. The number of ether oxygens (including phenoxy) is 2. The molecule has 2 aromatic heterocycles. The molecule has 13 heteroatoms. The molecule has 1 fully saturated rings. The molecule has 2 aliphatic heterocycles. The zero-order valence-electron chi connectivity index (χ0n) is 24.9. The van der Waals surface area contributed by atoms with Crippen LogP contribution in [0.5, 0.6) is 11.5 Å². The molecule has 0 saturated carbocycles. The zero-order chi connectivity index (χ0) is 30.2. The van der Waals surface area contributed by atoms with Crippen LogP contribution in [0.3, 0.4) is 0 Å². The summed E-state index contributed by atoms with van der Waals surface area (Å²) in [6, 6.07) is 6.59. The van der Waals surface area contributed by atoms with Crippen LogP contribution in [0.25, 0.3) is 5.82 Å². The van der Waals surface area contributed by atoms with Crippen LogP contribution in [-0.4, -0.2) is 76.4 Å². The number of carbonyl (C=O) groups excluding carboxylic acids is 1. The van der Waals surface area contributed by atoms with Crippen LogP contribution in [-0.2, 0) is 14.8 Å². The van der Waals surface area contributed by atoms with Crippen LogP contribution >= 0.6 is 0 Å². The van der Waals surface area contributed by atoms with Crippen molar-refractivity contribution >= 4 is 21.7 Å².